The second-order valence-electron chi connectivity index (χ2n) is 6.14. The standard InChI is InChI=1S/C17H11ClF6N4O/c1-7-12-13(18)11(6-25-14(12)28(2)27-7)15(29)26-10-4-8(16(19,20)21)3-9(5-10)17(22,23)24/h3-6H,1-2H3,(H,26,29). The summed E-state index contributed by atoms with van der Waals surface area (Å²) in [4.78, 5) is 16.5. The van der Waals surface area contributed by atoms with Crippen LogP contribution in [0.3, 0.4) is 0 Å². The molecule has 2 heterocycles. The summed E-state index contributed by atoms with van der Waals surface area (Å²) in [6.45, 7) is 1.61. The number of nitrogens with one attached hydrogen (secondary N) is 1. The lowest BCUT2D eigenvalue weighted by molar-refractivity contribution is -0.143. The molecule has 3 rings (SSSR count). The number of alkyl halides is 6. The summed E-state index contributed by atoms with van der Waals surface area (Å²) in [5.74, 6) is -1.01. The van der Waals surface area contributed by atoms with Gasteiger partial charge < -0.3 is 5.32 Å². The van der Waals surface area contributed by atoms with Crippen molar-refractivity contribution in [2.75, 3.05) is 5.32 Å². The van der Waals surface area contributed by atoms with Crippen LogP contribution in [0, 0.1) is 6.92 Å². The van der Waals surface area contributed by atoms with E-state index in [1.165, 1.54) is 4.68 Å². The van der Waals surface area contributed by atoms with Gasteiger partial charge in [-0.05, 0) is 25.1 Å². The van der Waals surface area contributed by atoms with Crippen LogP contribution in [0.2, 0.25) is 5.02 Å². The van der Waals surface area contributed by atoms with Gasteiger partial charge in [0.1, 0.15) is 0 Å². The van der Waals surface area contributed by atoms with Gasteiger partial charge in [0.05, 0.1) is 32.8 Å². The molecule has 29 heavy (non-hydrogen) atoms. The van der Waals surface area contributed by atoms with Gasteiger partial charge in [0, 0.05) is 18.9 Å². The quantitative estimate of drug-likeness (QED) is 0.560. The van der Waals surface area contributed by atoms with Gasteiger partial charge in [0.15, 0.2) is 5.65 Å². The van der Waals surface area contributed by atoms with Crippen LogP contribution in [-0.4, -0.2) is 20.7 Å². The molecule has 0 radical (unpaired) electrons. The number of anilines is 1. The van der Waals surface area contributed by atoms with Gasteiger partial charge >= 0.3 is 12.4 Å². The predicted octanol–water partition coefficient (Wildman–Crippen LogP) is 5.22. The summed E-state index contributed by atoms with van der Waals surface area (Å²) in [7, 11) is 1.60. The third-order valence-corrected chi connectivity index (χ3v) is 4.45. The maximum absolute atomic E-state index is 13.0. The molecule has 0 fully saturated rings. The molecule has 0 unspecified atom stereocenters. The van der Waals surface area contributed by atoms with Crippen LogP contribution >= 0.6 is 11.6 Å². The smallest absolute Gasteiger partial charge is 0.322 e. The van der Waals surface area contributed by atoms with Crippen LogP contribution in [0.25, 0.3) is 11.0 Å². The van der Waals surface area contributed by atoms with Crippen LogP contribution in [0.5, 0.6) is 0 Å². The summed E-state index contributed by atoms with van der Waals surface area (Å²) < 4.78 is 79.2. The average molecular weight is 437 g/mol. The monoisotopic (exact) mass is 436 g/mol. The molecule has 1 N–H and O–H groups in total. The first kappa shape index (κ1) is 20.9. The minimum Gasteiger partial charge on any atom is -0.322 e. The zero-order chi connectivity index (χ0) is 21.7. The number of halogens is 7. The number of amides is 1. The van der Waals surface area contributed by atoms with Gasteiger partial charge in [-0.1, -0.05) is 11.6 Å². The Morgan fingerprint density at radius 3 is 2.14 bits per heavy atom. The third kappa shape index (κ3) is 4.00. The van der Waals surface area contributed by atoms with Crippen molar-refractivity contribution in [2.24, 2.45) is 7.05 Å². The van der Waals surface area contributed by atoms with E-state index in [2.05, 4.69) is 10.1 Å². The summed E-state index contributed by atoms with van der Waals surface area (Å²) >= 11 is 6.21. The summed E-state index contributed by atoms with van der Waals surface area (Å²) in [6.07, 6.45) is -9.00. The first-order chi connectivity index (χ1) is 13.3. The van der Waals surface area contributed by atoms with Crippen molar-refractivity contribution in [1.29, 1.82) is 0 Å². The second-order valence-corrected chi connectivity index (χ2v) is 6.52. The van der Waals surface area contributed by atoms with Gasteiger partial charge in [0.2, 0.25) is 0 Å². The second kappa shape index (κ2) is 6.90. The van der Waals surface area contributed by atoms with Crippen molar-refractivity contribution in [1.82, 2.24) is 14.8 Å². The van der Waals surface area contributed by atoms with E-state index in [0.717, 1.165) is 6.20 Å². The molecule has 0 saturated heterocycles. The third-order valence-electron chi connectivity index (χ3n) is 4.05. The lowest BCUT2D eigenvalue weighted by Crippen LogP contribution is -2.16. The van der Waals surface area contributed by atoms with Crippen molar-refractivity contribution in [2.45, 2.75) is 19.3 Å². The number of benzene rings is 1. The van der Waals surface area contributed by atoms with Crippen molar-refractivity contribution in [3.8, 4) is 0 Å². The number of fused-ring (bicyclic) bond motifs is 1. The molecule has 1 amide bonds. The molecule has 0 atom stereocenters. The highest BCUT2D eigenvalue weighted by molar-refractivity contribution is 6.39. The lowest BCUT2D eigenvalue weighted by Gasteiger charge is -2.15. The maximum Gasteiger partial charge on any atom is 0.416 e. The number of carbonyl (C=O) groups excluding carboxylic acids is 1. The Kier molecular flexibility index (Phi) is 4.98. The first-order valence-electron chi connectivity index (χ1n) is 7.87. The minimum absolute atomic E-state index is 0.0325. The fourth-order valence-corrected chi connectivity index (χ4v) is 3.11. The summed E-state index contributed by atoms with van der Waals surface area (Å²) in [5, 5.41) is 6.41. The van der Waals surface area contributed by atoms with E-state index in [1.807, 2.05) is 5.32 Å². The highest BCUT2D eigenvalue weighted by Gasteiger charge is 2.37. The topological polar surface area (TPSA) is 59.8 Å². The Morgan fingerprint density at radius 2 is 1.62 bits per heavy atom. The van der Waals surface area contributed by atoms with Gasteiger partial charge in [-0.3, -0.25) is 9.48 Å². The molecule has 0 spiro atoms. The summed E-state index contributed by atoms with van der Waals surface area (Å²) in [5.41, 5.74) is -3.19. The molecule has 3 aromatic rings. The molecule has 154 valence electrons. The van der Waals surface area contributed by atoms with Crippen molar-refractivity contribution >= 4 is 34.2 Å². The zero-order valence-corrected chi connectivity index (χ0v) is 15.5. The lowest BCUT2D eigenvalue weighted by atomic mass is 10.1. The Hall–Kier alpha value is -2.82. The number of rotatable bonds is 2. The molecule has 5 nitrogen and oxygen atoms in total. The molecule has 0 aliphatic carbocycles. The number of carbonyl (C=O) groups is 1. The molecule has 1 aromatic carbocycles. The molecule has 12 heteroatoms. The fourth-order valence-electron chi connectivity index (χ4n) is 2.75. The van der Waals surface area contributed by atoms with Gasteiger partial charge in [-0.15, -0.1) is 0 Å². The number of aryl methyl sites for hydroxylation is 2. The molecule has 0 aliphatic heterocycles. The molecule has 0 aliphatic rings. The number of nitrogens with zero attached hydrogens (tertiary/aromatic N) is 3. The minimum atomic E-state index is -5.04. The maximum atomic E-state index is 13.0. The van der Waals surface area contributed by atoms with Crippen LogP contribution in [0.4, 0.5) is 32.0 Å². The molecular weight excluding hydrogens is 426 g/mol. The average Bonchev–Trinajstić information content (AvgIpc) is 2.88. The van der Waals surface area contributed by atoms with E-state index in [0.29, 0.717) is 28.9 Å². The largest absolute Gasteiger partial charge is 0.416 e. The Morgan fingerprint density at radius 1 is 1.07 bits per heavy atom. The highest BCUT2D eigenvalue weighted by atomic mass is 35.5. The number of hydrogen-bond acceptors (Lipinski definition) is 3. The van der Waals surface area contributed by atoms with E-state index in [-0.39, 0.29) is 16.7 Å². The van der Waals surface area contributed by atoms with Crippen LogP contribution in [-0.2, 0) is 19.4 Å². The van der Waals surface area contributed by atoms with E-state index in [9.17, 15) is 31.1 Å². The summed E-state index contributed by atoms with van der Waals surface area (Å²) in [6, 6.07) is 0.778. The number of pyridine rings is 1. The van der Waals surface area contributed by atoms with Crippen molar-refractivity contribution < 1.29 is 31.1 Å². The fraction of sp³-hybridized carbons (Fsp3) is 0.235. The number of aromatic nitrogens is 3. The van der Waals surface area contributed by atoms with Crippen molar-refractivity contribution in [3.05, 3.63) is 51.8 Å². The van der Waals surface area contributed by atoms with Crippen LogP contribution in [0.15, 0.2) is 24.4 Å². The van der Waals surface area contributed by atoms with Crippen LogP contribution in [0.1, 0.15) is 27.2 Å². The predicted molar refractivity (Wildman–Crippen MR) is 92.7 cm³/mol. The number of hydrogen-bond donors (Lipinski definition) is 1. The molecule has 0 bridgehead atoms. The first-order valence-corrected chi connectivity index (χ1v) is 8.25. The van der Waals surface area contributed by atoms with E-state index >= 15 is 0 Å². The normalized spacial score (nSPS) is 12.4. The van der Waals surface area contributed by atoms with Gasteiger partial charge in [-0.2, -0.15) is 31.4 Å². The van der Waals surface area contributed by atoms with E-state index in [4.69, 9.17) is 11.6 Å². The van der Waals surface area contributed by atoms with Crippen molar-refractivity contribution in [3.63, 3.8) is 0 Å². The van der Waals surface area contributed by atoms with Gasteiger partial charge in [0.25, 0.3) is 5.91 Å². The Balaban J connectivity index is 2.04. The molecule has 0 saturated carbocycles. The van der Waals surface area contributed by atoms with Crippen LogP contribution < -0.4 is 5.32 Å². The molecular formula is C17H11ClF6N4O. The van der Waals surface area contributed by atoms with Gasteiger partial charge in [-0.25, -0.2) is 4.98 Å². The Labute approximate surface area is 164 Å². The van der Waals surface area contributed by atoms with E-state index < -0.39 is 35.1 Å². The zero-order valence-electron chi connectivity index (χ0n) is 14.7. The van der Waals surface area contributed by atoms with E-state index in [1.54, 1.807) is 14.0 Å². The highest BCUT2D eigenvalue weighted by Crippen LogP contribution is 2.38. The Bertz CT molecular complexity index is 1090. The SMILES string of the molecule is Cc1nn(C)c2ncc(C(=O)Nc3cc(C(F)(F)F)cc(C(F)(F)F)c3)c(Cl)c12. The molecule has 2 aromatic heterocycles.